The fourth-order valence-corrected chi connectivity index (χ4v) is 3.72. The lowest BCUT2D eigenvalue weighted by molar-refractivity contribution is -0.193. The highest BCUT2D eigenvalue weighted by Gasteiger charge is 2.45. The summed E-state index contributed by atoms with van der Waals surface area (Å²) in [5, 5.41) is 17.6. The Morgan fingerprint density at radius 3 is 2.19 bits per heavy atom. The lowest BCUT2D eigenvalue weighted by Crippen LogP contribution is -2.33. The zero-order chi connectivity index (χ0) is 27.9. The van der Waals surface area contributed by atoms with Crippen LogP contribution in [0.2, 0.25) is 0 Å². The molecule has 15 heteroatoms. The average Bonchev–Trinajstić information content (AvgIpc) is 3.51. The van der Waals surface area contributed by atoms with E-state index >= 15 is 0 Å². The van der Waals surface area contributed by atoms with E-state index in [0.29, 0.717) is 6.61 Å². The number of aliphatic carboxylic acids is 2. The molecule has 0 radical (unpaired) electrons. The van der Waals surface area contributed by atoms with Crippen molar-refractivity contribution in [2.24, 2.45) is 0 Å². The fourth-order valence-electron chi connectivity index (χ4n) is 3.72. The molecular weight excluding hydrogens is 521 g/mol. The summed E-state index contributed by atoms with van der Waals surface area (Å²) in [6.07, 6.45) is -6.46. The molecule has 206 valence electrons. The number of carboxylic acids is 2. The maximum Gasteiger partial charge on any atom is 0.490 e. The summed E-state index contributed by atoms with van der Waals surface area (Å²) in [6, 6.07) is 10.8. The van der Waals surface area contributed by atoms with Crippen LogP contribution in [-0.2, 0) is 20.9 Å². The number of hydrogen-bond acceptors (Lipinski definition) is 6. The minimum absolute atomic E-state index is 0.0718. The number of likely N-dealkylation sites (tertiary alicyclic amines) is 1. The zero-order valence-electron chi connectivity index (χ0n) is 19.0. The molecule has 2 atom stereocenters. The molecule has 0 aliphatic carbocycles. The molecule has 1 aromatic carbocycles. The highest BCUT2D eigenvalue weighted by Crippen LogP contribution is 2.36. The van der Waals surface area contributed by atoms with Crippen LogP contribution in [0.15, 0.2) is 47.1 Å². The van der Waals surface area contributed by atoms with Gasteiger partial charge in [-0.25, -0.2) is 14.0 Å². The third-order valence-electron chi connectivity index (χ3n) is 5.24. The first-order chi connectivity index (χ1) is 17.1. The first kappa shape index (κ1) is 29.9. The second kappa shape index (κ2) is 12.3. The Hall–Kier alpha value is -3.33. The van der Waals surface area contributed by atoms with E-state index in [1.807, 2.05) is 18.2 Å². The molecule has 2 aliphatic heterocycles. The second-order valence-corrected chi connectivity index (χ2v) is 8.20. The summed E-state index contributed by atoms with van der Waals surface area (Å²) in [6.45, 7) is 3.45. The quantitative estimate of drug-likeness (QED) is 0.482. The standard InChI is InChI=1S/C18H21FN2O2.2C2HF3O2/c19-14-3-1-4-15(9-14)20-16-10-18(23-12-16)6-7-21(13-18)11-17-5-2-8-22-17;2*3-2(4,5)1(6)7/h1-5,8-9,16,20H,6-7,10-13H2;2*(H,6,7). The van der Waals surface area contributed by atoms with E-state index in [9.17, 15) is 30.7 Å². The molecule has 0 bridgehead atoms. The Morgan fingerprint density at radius 1 is 1.05 bits per heavy atom. The first-order valence-electron chi connectivity index (χ1n) is 10.6. The van der Waals surface area contributed by atoms with Crippen molar-refractivity contribution < 1.29 is 59.7 Å². The van der Waals surface area contributed by atoms with Gasteiger partial charge in [-0.1, -0.05) is 6.07 Å². The Kier molecular flexibility index (Phi) is 9.92. The van der Waals surface area contributed by atoms with E-state index in [4.69, 9.17) is 29.0 Å². The van der Waals surface area contributed by atoms with E-state index in [1.54, 1.807) is 12.3 Å². The largest absolute Gasteiger partial charge is 0.490 e. The normalized spacial score (nSPS) is 21.5. The number of nitrogens with one attached hydrogen (secondary N) is 1. The Bertz CT molecular complexity index is 1010. The monoisotopic (exact) mass is 544 g/mol. The summed E-state index contributed by atoms with van der Waals surface area (Å²) in [4.78, 5) is 20.2. The predicted octanol–water partition coefficient (Wildman–Crippen LogP) is 4.53. The Balaban J connectivity index is 0.000000286. The molecule has 37 heavy (non-hydrogen) atoms. The number of carbonyl (C=O) groups is 2. The van der Waals surface area contributed by atoms with Gasteiger partial charge in [0, 0.05) is 25.2 Å². The maximum atomic E-state index is 13.3. The van der Waals surface area contributed by atoms with Crippen molar-refractivity contribution in [3.05, 3.63) is 54.2 Å². The number of alkyl halides is 6. The lowest BCUT2D eigenvalue weighted by Gasteiger charge is -2.23. The molecule has 2 fully saturated rings. The first-order valence-corrected chi connectivity index (χ1v) is 10.6. The SMILES string of the molecule is Fc1cccc(NC2COC3(CCN(Cc4ccco4)C3)C2)c1.O=C(O)C(F)(F)F.O=C(O)C(F)(F)F. The Morgan fingerprint density at radius 2 is 1.68 bits per heavy atom. The van der Waals surface area contributed by atoms with Crippen LogP contribution in [0.3, 0.4) is 0 Å². The number of nitrogens with zero attached hydrogens (tertiary/aromatic N) is 1. The number of benzene rings is 1. The number of anilines is 1. The maximum absolute atomic E-state index is 13.3. The minimum Gasteiger partial charge on any atom is -0.475 e. The number of hydrogen-bond donors (Lipinski definition) is 3. The second-order valence-electron chi connectivity index (χ2n) is 8.20. The van der Waals surface area contributed by atoms with Gasteiger partial charge in [0.2, 0.25) is 0 Å². The number of rotatable bonds is 4. The number of furan rings is 1. The summed E-state index contributed by atoms with van der Waals surface area (Å²) in [7, 11) is 0. The van der Waals surface area contributed by atoms with Crippen LogP contribution in [0.4, 0.5) is 36.4 Å². The van der Waals surface area contributed by atoms with E-state index < -0.39 is 24.3 Å². The van der Waals surface area contributed by atoms with Crippen LogP contribution in [0.1, 0.15) is 18.6 Å². The van der Waals surface area contributed by atoms with Crippen molar-refractivity contribution in [3.63, 3.8) is 0 Å². The van der Waals surface area contributed by atoms with Crippen molar-refractivity contribution in [1.82, 2.24) is 4.90 Å². The van der Waals surface area contributed by atoms with Crippen LogP contribution in [0.5, 0.6) is 0 Å². The summed E-state index contributed by atoms with van der Waals surface area (Å²) >= 11 is 0. The van der Waals surface area contributed by atoms with E-state index in [2.05, 4.69) is 10.2 Å². The van der Waals surface area contributed by atoms with E-state index in [1.165, 1.54) is 12.1 Å². The highest BCUT2D eigenvalue weighted by atomic mass is 19.4. The highest BCUT2D eigenvalue weighted by molar-refractivity contribution is 5.73. The molecule has 1 aromatic heterocycles. The molecule has 3 N–H and O–H groups in total. The molecule has 0 saturated carbocycles. The Labute approximate surface area is 205 Å². The van der Waals surface area contributed by atoms with E-state index in [0.717, 1.165) is 43.9 Å². The van der Waals surface area contributed by atoms with Gasteiger partial charge in [-0.3, -0.25) is 4.90 Å². The molecule has 2 saturated heterocycles. The van der Waals surface area contributed by atoms with Crippen molar-refractivity contribution in [3.8, 4) is 0 Å². The summed E-state index contributed by atoms with van der Waals surface area (Å²) in [5.74, 6) is -4.73. The summed E-state index contributed by atoms with van der Waals surface area (Å²) in [5.41, 5.74) is 0.749. The smallest absolute Gasteiger partial charge is 0.475 e. The van der Waals surface area contributed by atoms with Crippen molar-refractivity contribution in [2.75, 3.05) is 25.0 Å². The van der Waals surface area contributed by atoms with Gasteiger partial charge in [0.05, 0.1) is 31.1 Å². The van der Waals surface area contributed by atoms with Gasteiger partial charge in [0.15, 0.2) is 0 Å². The van der Waals surface area contributed by atoms with Gasteiger partial charge in [-0.05, 0) is 36.8 Å². The minimum atomic E-state index is -5.08. The van der Waals surface area contributed by atoms with Crippen molar-refractivity contribution >= 4 is 17.6 Å². The number of ether oxygens (including phenoxy) is 1. The van der Waals surface area contributed by atoms with Gasteiger partial charge in [-0.15, -0.1) is 0 Å². The summed E-state index contributed by atoms with van der Waals surface area (Å²) < 4.78 is 88.3. The average molecular weight is 544 g/mol. The third-order valence-corrected chi connectivity index (χ3v) is 5.24. The molecule has 3 heterocycles. The van der Waals surface area contributed by atoms with Crippen molar-refractivity contribution in [1.29, 1.82) is 0 Å². The fraction of sp³-hybridized carbons (Fsp3) is 0.455. The molecule has 1 spiro atoms. The molecule has 4 rings (SSSR count). The van der Waals surface area contributed by atoms with Gasteiger partial charge >= 0.3 is 24.3 Å². The molecule has 8 nitrogen and oxygen atoms in total. The van der Waals surface area contributed by atoms with E-state index in [-0.39, 0.29) is 17.5 Å². The molecule has 2 aliphatic rings. The molecule has 2 aromatic rings. The van der Waals surface area contributed by atoms with Gasteiger partial charge in [-0.2, -0.15) is 26.3 Å². The van der Waals surface area contributed by atoms with Crippen LogP contribution in [0.25, 0.3) is 0 Å². The van der Waals surface area contributed by atoms with Crippen LogP contribution in [0, 0.1) is 5.82 Å². The molecule has 0 amide bonds. The topological polar surface area (TPSA) is 112 Å². The lowest BCUT2D eigenvalue weighted by atomic mass is 9.97. The molecule has 2 unspecified atom stereocenters. The van der Waals surface area contributed by atoms with Gasteiger partial charge in [0.25, 0.3) is 0 Å². The van der Waals surface area contributed by atoms with Crippen LogP contribution >= 0.6 is 0 Å². The van der Waals surface area contributed by atoms with Crippen LogP contribution < -0.4 is 5.32 Å². The number of halogens is 7. The van der Waals surface area contributed by atoms with Crippen LogP contribution in [-0.4, -0.2) is 70.7 Å². The zero-order valence-corrected chi connectivity index (χ0v) is 19.0. The predicted molar refractivity (Wildman–Crippen MR) is 113 cm³/mol. The van der Waals surface area contributed by atoms with Gasteiger partial charge in [0.1, 0.15) is 11.6 Å². The third kappa shape index (κ3) is 9.92. The van der Waals surface area contributed by atoms with Crippen molar-refractivity contribution in [2.45, 2.75) is 43.4 Å². The number of carboxylic acid groups (broad SMARTS) is 2. The van der Waals surface area contributed by atoms with Gasteiger partial charge < -0.3 is 24.7 Å². The molecular formula is C22H23F7N2O6.